The predicted molar refractivity (Wildman–Crippen MR) is 126 cm³/mol. The van der Waals surface area contributed by atoms with Crippen molar-refractivity contribution in [2.45, 2.75) is 26.9 Å². The molecule has 7 nitrogen and oxygen atoms in total. The molecule has 0 aliphatic rings. The third kappa shape index (κ3) is 6.66. The molecule has 0 fully saturated rings. The molecule has 2 aromatic carbocycles. The molecule has 0 spiro atoms. The van der Waals surface area contributed by atoms with Gasteiger partial charge in [-0.15, -0.1) is 11.3 Å². The average Bonchev–Trinajstić information content (AvgIpc) is 3.22. The first-order valence-electron chi connectivity index (χ1n) is 10.5. The predicted octanol–water partition coefficient (Wildman–Crippen LogP) is 5.06. The minimum atomic E-state index is -0.629. The van der Waals surface area contributed by atoms with Gasteiger partial charge in [-0.25, -0.2) is 4.79 Å². The summed E-state index contributed by atoms with van der Waals surface area (Å²) in [5, 5.41) is 4.72. The zero-order valence-corrected chi connectivity index (χ0v) is 19.3. The fourth-order valence-electron chi connectivity index (χ4n) is 3.05. The molecule has 0 saturated heterocycles. The third-order valence-electron chi connectivity index (χ3n) is 4.55. The molecular weight excluding hydrogens is 442 g/mol. The molecule has 172 valence electrons. The van der Waals surface area contributed by atoms with Crippen molar-refractivity contribution in [1.29, 1.82) is 0 Å². The van der Waals surface area contributed by atoms with Gasteiger partial charge < -0.3 is 19.5 Å². The Morgan fingerprint density at radius 3 is 2.27 bits per heavy atom. The van der Waals surface area contributed by atoms with Crippen LogP contribution in [0.1, 0.15) is 36.2 Å². The van der Waals surface area contributed by atoms with Crippen LogP contribution < -0.4 is 10.1 Å². The fourth-order valence-corrected chi connectivity index (χ4v) is 4.03. The van der Waals surface area contributed by atoms with E-state index in [1.54, 1.807) is 19.2 Å². The van der Waals surface area contributed by atoms with Crippen molar-refractivity contribution >= 4 is 34.2 Å². The zero-order valence-electron chi connectivity index (χ0n) is 18.5. The van der Waals surface area contributed by atoms with E-state index in [2.05, 4.69) is 5.32 Å². The van der Waals surface area contributed by atoms with Gasteiger partial charge in [0, 0.05) is 10.9 Å². The molecule has 0 unspecified atom stereocenters. The van der Waals surface area contributed by atoms with Crippen molar-refractivity contribution in [3.63, 3.8) is 0 Å². The summed E-state index contributed by atoms with van der Waals surface area (Å²) >= 11 is 1.19. The van der Waals surface area contributed by atoms with Gasteiger partial charge in [0.05, 0.1) is 13.2 Å². The van der Waals surface area contributed by atoms with E-state index in [0.717, 1.165) is 11.1 Å². The Labute approximate surface area is 196 Å². The number of carbonyl (C=O) groups is 3. The molecule has 8 heteroatoms. The van der Waals surface area contributed by atoms with E-state index in [4.69, 9.17) is 14.2 Å². The highest BCUT2D eigenvalue weighted by Crippen LogP contribution is 2.37. The maximum absolute atomic E-state index is 12.7. The van der Waals surface area contributed by atoms with Crippen LogP contribution in [0.25, 0.3) is 11.1 Å². The Morgan fingerprint density at radius 2 is 1.61 bits per heavy atom. The summed E-state index contributed by atoms with van der Waals surface area (Å²) in [6.45, 7) is 4.20. The molecule has 0 aliphatic carbocycles. The van der Waals surface area contributed by atoms with Crippen LogP contribution >= 0.6 is 11.3 Å². The molecule has 1 heterocycles. The molecule has 3 aromatic rings. The number of benzene rings is 2. The summed E-state index contributed by atoms with van der Waals surface area (Å²) in [6.07, 6.45) is -0.434. The van der Waals surface area contributed by atoms with Gasteiger partial charge in [-0.2, -0.15) is 0 Å². The first-order chi connectivity index (χ1) is 16.0. The van der Waals surface area contributed by atoms with Crippen LogP contribution in [0.2, 0.25) is 0 Å². The molecule has 0 aliphatic heterocycles. The largest absolute Gasteiger partial charge is 0.489 e. The van der Waals surface area contributed by atoms with Gasteiger partial charge in [0.15, 0.2) is 0 Å². The van der Waals surface area contributed by atoms with Gasteiger partial charge >= 0.3 is 11.9 Å². The smallest absolute Gasteiger partial charge is 0.341 e. The van der Waals surface area contributed by atoms with E-state index in [1.165, 1.54) is 11.3 Å². The second kappa shape index (κ2) is 11.8. The molecule has 3 rings (SSSR count). The summed E-state index contributed by atoms with van der Waals surface area (Å²) in [6, 6.07) is 17.2. The highest BCUT2D eigenvalue weighted by atomic mass is 32.1. The lowest BCUT2D eigenvalue weighted by atomic mass is 10.0. The summed E-state index contributed by atoms with van der Waals surface area (Å²) in [5.74, 6) is -1.05. The molecule has 0 bridgehead atoms. The average molecular weight is 468 g/mol. The van der Waals surface area contributed by atoms with Crippen molar-refractivity contribution in [1.82, 2.24) is 0 Å². The fraction of sp³-hybridized carbons (Fsp3) is 0.240. The lowest BCUT2D eigenvalue weighted by Crippen LogP contribution is -2.19. The number of amides is 1. The molecule has 0 radical (unpaired) electrons. The van der Waals surface area contributed by atoms with Crippen LogP contribution in [-0.4, -0.2) is 31.1 Å². The van der Waals surface area contributed by atoms with Crippen LogP contribution in [0, 0.1) is 0 Å². The number of esters is 2. The molecule has 1 amide bonds. The number of nitrogens with one attached hydrogen (secondary N) is 1. The minimum absolute atomic E-state index is 0.189. The maximum Gasteiger partial charge on any atom is 0.341 e. The van der Waals surface area contributed by atoms with Crippen LogP contribution in [0.3, 0.4) is 0 Å². The van der Waals surface area contributed by atoms with Gasteiger partial charge in [-0.05, 0) is 37.1 Å². The van der Waals surface area contributed by atoms with Crippen molar-refractivity contribution in [3.8, 4) is 16.9 Å². The number of rotatable bonds is 10. The monoisotopic (exact) mass is 467 g/mol. The van der Waals surface area contributed by atoms with Crippen molar-refractivity contribution in [2.24, 2.45) is 0 Å². The van der Waals surface area contributed by atoms with Crippen LogP contribution in [0.15, 0.2) is 60.0 Å². The quantitative estimate of drug-likeness (QED) is 0.331. The first-order valence-corrected chi connectivity index (χ1v) is 11.4. The van der Waals surface area contributed by atoms with Gasteiger partial charge in [-0.1, -0.05) is 42.5 Å². The number of hydrogen-bond donors (Lipinski definition) is 1. The van der Waals surface area contributed by atoms with Gasteiger partial charge in [0.2, 0.25) is 5.91 Å². The van der Waals surface area contributed by atoms with E-state index >= 15 is 0 Å². The Hall–Kier alpha value is -3.65. The first kappa shape index (κ1) is 24.0. The highest BCUT2D eigenvalue weighted by Gasteiger charge is 2.23. The van der Waals surface area contributed by atoms with E-state index in [0.29, 0.717) is 22.9 Å². The molecule has 1 aromatic heterocycles. The normalized spacial score (nSPS) is 10.4. The summed E-state index contributed by atoms with van der Waals surface area (Å²) < 4.78 is 15.8. The number of ether oxygens (including phenoxy) is 3. The second-order valence-electron chi connectivity index (χ2n) is 6.90. The van der Waals surface area contributed by atoms with Crippen LogP contribution in [0.5, 0.6) is 5.75 Å². The maximum atomic E-state index is 12.7. The number of carbonyl (C=O) groups excluding carboxylic acids is 3. The number of hydrogen-bond acceptors (Lipinski definition) is 7. The van der Waals surface area contributed by atoms with E-state index < -0.39 is 24.3 Å². The SMILES string of the molecule is CCOC(=O)CC(=O)Nc1scc(-c2ccc(OCc3ccccc3)cc2)c1C(=O)OCC. The molecule has 1 N–H and O–H groups in total. The summed E-state index contributed by atoms with van der Waals surface area (Å²) in [4.78, 5) is 36.5. The molecule has 0 saturated carbocycles. The Balaban J connectivity index is 1.78. The Bertz CT molecular complexity index is 1090. The Kier molecular flexibility index (Phi) is 8.60. The Morgan fingerprint density at radius 1 is 0.909 bits per heavy atom. The van der Waals surface area contributed by atoms with E-state index in [1.807, 2.05) is 54.6 Å². The lowest BCUT2D eigenvalue weighted by molar-refractivity contribution is -0.145. The van der Waals surface area contributed by atoms with Gasteiger partial charge in [-0.3, -0.25) is 9.59 Å². The van der Waals surface area contributed by atoms with E-state index in [9.17, 15) is 14.4 Å². The zero-order chi connectivity index (χ0) is 23.6. The molecular formula is C25H25NO6S. The van der Waals surface area contributed by atoms with Gasteiger partial charge in [0.25, 0.3) is 0 Å². The van der Waals surface area contributed by atoms with Gasteiger partial charge in [0.1, 0.15) is 29.3 Å². The molecule has 0 atom stereocenters. The number of thiophene rings is 1. The summed E-state index contributed by atoms with van der Waals surface area (Å²) in [7, 11) is 0. The van der Waals surface area contributed by atoms with Crippen LogP contribution in [0.4, 0.5) is 5.00 Å². The standard InChI is InChI=1S/C25H25NO6S/c1-3-30-22(28)14-21(27)26-24-23(25(29)31-4-2)20(16-33-24)18-10-12-19(13-11-18)32-15-17-8-6-5-7-9-17/h5-13,16H,3-4,14-15H2,1-2H3,(H,26,27). The van der Waals surface area contributed by atoms with Crippen molar-refractivity contribution in [2.75, 3.05) is 18.5 Å². The number of anilines is 1. The van der Waals surface area contributed by atoms with Crippen LogP contribution in [-0.2, 0) is 25.7 Å². The minimum Gasteiger partial charge on any atom is -0.489 e. The van der Waals surface area contributed by atoms with Crippen molar-refractivity contribution < 1.29 is 28.6 Å². The highest BCUT2D eigenvalue weighted by molar-refractivity contribution is 7.15. The third-order valence-corrected chi connectivity index (χ3v) is 5.44. The molecule has 33 heavy (non-hydrogen) atoms. The van der Waals surface area contributed by atoms with E-state index in [-0.39, 0.29) is 18.8 Å². The topological polar surface area (TPSA) is 90.9 Å². The summed E-state index contributed by atoms with van der Waals surface area (Å²) in [5.41, 5.74) is 2.70. The second-order valence-corrected chi connectivity index (χ2v) is 7.78. The lowest BCUT2D eigenvalue weighted by Gasteiger charge is -2.10. The van der Waals surface area contributed by atoms with Crippen molar-refractivity contribution in [3.05, 3.63) is 71.1 Å².